The second kappa shape index (κ2) is 4.38. The molecule has 0 radical (unpaired) electrons. The molecule has 1 N–H and O–H groups in total. The van der Waals surface area contributed by atoms with E-state index in [9.17, 15) is 8.78 Å². The Morgan fingerprint density at radius 3 is 2.71 bits per heavy atom. The standard InChI is InChI=1S/C17H10F2N2/c18-11-6-4-10-5-7-15(21-16(10)8-11)13-9-20-17-12(13)2-1-3-14(17)19/h1-9,20H. The minimum Gasteiger partial charge on any atom is -0.358 e. The first kappa shape index (κ1) is 12.0. The van der Waals surface area contributed by atoms with Crippen molar-refractivity contribution in [3.63, 3.8) is 0 Å². The maximum Gasteiger partial charge on any atom is 0.147 e. The largest absolute Gasteiger partial charge is 0.358 e. The third-order valence-corrected chi connectivity index (χ3v) is 3.59. The van der Waals surface area contributed by atoms with Gasteiger partial charge in [-0.15, -0.1) is 0 Å². The summed E-state index contributed by atoms with van der Waals surface area (Å²) in [5, 5.41) is 1.63. The van der Waals surface area contributed by atoms with Gasteiger partial charge in [0.25, 0.3) is 0 Å². The molecule has 2 aromatic heterocycles. The van der Waals surface area contributed by atoms with Gasteiger partial charge in [0.2, 0.25) is 0 Å². The topological polar surface area (TPSA) is 28.7 Å². The fourth-order valence-corrected chi connectivity index (χ4v) is 2.57. The zero-order valence-electron chi connectivity index (χ0n) is 10.9. The van der Waals surface area contributed by atoms with E-state index in [-0.39, 0.29) is 11.6 Å². The summed E-state index contributed by atoms with van der Waals surface area (Å²) in [6.45, 7) is 0. The lowest BCUT2D eigenvalue weighted by Gasteiger charge is -2.02. The Bertz CT molecular complexity index is 973. The second-order valence-corrected chi connectivity index (χ2v) is 4.90. The molecule has 0 spiro atoms. The van der Waals surface area contributed by atoms with E-state index >= 15 is 0 Å². The van der Waals surface area contributed by atoms with Crippen LogP contribution in [-0.2, 0) is 0 Å². The molecule has 0 bridgehead atoms. The van der Waals surface area contributed by atoms with E-state index in [4.69, 9.17) is 0 Å². The molecule has 0 saturated carbocycles. The summed E-state index contributed by atoms with van der Waals surface area (Å²) in [4.78, 5) is 7.40. The lowest BCUT2D eigenvalue weighted by molar-refractivity contribution is 0.629. The van der Waals surface area contributed by atoms with E-state index in [1.54, 1.807) is 18.3 Å². The number of rotatable bonds is 1. The fourth-order valence-electron chi connectivity index (χ4n) is 2.57. The molecule has 2 nitrogen and oxygen atoms in total. The number of benzene rings is 2. The van der Waals surface area contributed by atoms with Gasteiger partial charge in [-0.3, -0.25) is 0 Å². The summed E-state index contributed by atoms with van der Waals surface area (Å²) in [5.41, 5.74) is 2.52. The predicted octanol–water partition coefficient (Wildman–Crippen LogP) is 4.66. The van der Waals surface area contributed by atoms with Crippen LogP contribution in [-0.4, -0.2) is 9.97 Å². The molecule has 4 rings (SSSR count). The third-order valence-electron chi connectivity index (χ3n) is 3.59. The lowest BCUT2D eigenvalue weighted by Crippen LogP contribution is -1.85. The molecular formula is C17H10F2N2. The van der Waals surface area contributed by atoms with Gasteiger partial charge in [0.15, 0.2) is 0 Å². The Hall–Kier alpha value is -2.75. The highest BCUT2D eigenvalue weighted by atomic mass is 19.1. The fraction of sp³-hybridized carbons (Fsp3) is 0. The summed E-state index contributed by atoms with van der Waals surface area (Å²) in [6, 6.07) is 13.1. The number of para-hydroxylation sites is 1. The van der Waals surface area contributed by atoms with Crippen molar-refractivity contribution in [1.29, 1.82) is 0 Å². The van der Waals surface area contributed by atoms with Crippen molar-refractivity contribution >= 4 is 21.8 Å². The van der Waals surface area contributed by atoms with Crippen LogP contribution in [0.15, 0.2) is 54.7 Å². The Labute approximate surface area is 119 Å². The number of hydrogen-bond donors (Lipinski definition) is 1. The predicted molar refractivity (Wildman–Crippen MR) is 79.0 cm³/mol. The number of hydrogen-bond acceptors (Lipinski definition) is 1. The van der Waals surface area contributed by atoms with Crippen LogP contribution in [0.3, 0.4) is 0 Å². The first-order valence-electron chi connectivity index (χ1n) is 6.55. The number of pyridine rings is 1. The summed E-state index contributed by atoms with van der Waals surface area (Å²) in [6.07, 6.45) is 1.72. The van der Waals surface area contributed by atoms with Crippen molar-refractivity contribution in [3.8, 4) is 11.3 Å². The van der Waals surface area contributed by atoms with Gasteiger partial charge in [-0.25, -0.2) is 13.8 Å². The SMILES string of the molecule is Fc1ccc2ccc(-c3c[nH]c4c(F)cccc34)nc2c1. The second-order valence-electron chi connectivity index (χ2n) is 4.90. The minimum atomic E-state index is -0.322. The molecule has 0 fully saturated rings. The summed E-state index contributed by atoms with van der Waals surface area (Å²) >= 11 is 0. The van der Waals surface area contributed by atoms with Crippen molar-refractivity contribution in [3.05, 3.63) is 66.4 Å². The Kier molecular flexibility index (Phi) is 2.51. The molecule has 0 amide bonds. The number of nitrogens with zero attached hydrogens (tertiary/aromatic N) is 1. The van der Waals surface area contributed by atoms with Gasteiger partial charge in [0, 0.05) is 28.6 Å². The average molecular weight is 280 g/mol. The van der Waals surface area contributed by atoms with E-state index in [0.717, 1.165) is 16.3 Å². The van der Waals surface area contributed by atoms with Gasteiger partial charge in [-0.1, -0.05) is 18.2 Å². The quantitative estimate of drug-likeness (QED) is 0.539. The van der Waals surface area contributed by atoms with Crippen molar-refractivity contribution in [2.75, 3.05) is 0 Å². The van der Waals surface area contributed by atoms with Crippen LogP contribution in [0.2, 0.25) is 0 Å². The zero-order chi connectivity index (χ0) is 14.4. The molecule has 0 aliphatic heterocycles. The number of H-pyrrole nitrogens is 1. The molecule has 4 heteroatoms. The van der Waals surface area contributed by atoms with Crippen LogP contribution in [0.25, 0.3) is 33.1 Å². The first-order chi connectivity index (χ1) is 10.2. The van der Waals surface area contributed by atoms with Crippen LogP contribution in [0.5, 0.6) is 0 Å². The van der Waals surface area contributed by atoms with Crippen molar-refractivity contribution < 1.29 is 8.78 Å². The molecule has 4 aromatic rings. The van der Waals surface area contributed by atoms with E-state index in [1.807, 2.05) is 18.2 Å². The van der Waals surface area contributed by atoms with E-state index in [0.29, 0.717) is 16.7 Å². The summed E-state index contributed by atoms with van der Waals surface area (Å²) in [7, 11) is 0. The van der Waals surface area contributed by atoms with Crippen molar-refractivity contribution in [2.45, 2.75) is 0 Å². The van der Waals surface area contributed by atoms with E-state index in [1.165, 1.54) is 18.2 Å². The molecule has 102 valence electrons. The van der Waals surface area contributed by atoms with Crippen LogP contribution >= 0.6 is 0 Å². The van der Waals surface area contributed by atoms with Crippen molar-refractivity contribution in [2.24, 2.45) is 0 Å². The molecule has 2 heterocycles. The highest BCUT2D eigenvalue weighted by molar-refractivity contribution is 5.96. The molecule has 2 aromatic carbocycles. The Morgan fingerprint density at radius 2 is 1.81 bits per heavy atom. The maximum absolute atomic E-state index is 13.7. The molecule has 0 aliphatic carbocycles. The van der Waals surface area contributed by atoms with Gasteiger partial charge < -0.3 is 4.98 Å². The number of fused-ring (bicyclic) bond motifs is 2. The highest BCUT2D eigenvalue weighted by Gasteiger charge is 2.10. The van der Waals surface area contributed by atoms with E-state index in [2.05, 4.69) is 9.97 Å². The summed E-state index contributed by atoms with van der Waals surface area (Å²) < 4.78 is 27.0. The van der Waals surface area contributed by atoms with Crippen molar-refractivity contribution in [1.82, 2.24) is 9.97 Å². The highest BCUT2D eigenvalue weighted by Crippen LogP contribution is 2.29. The number of nitrogens with one attached hydrogen (secondary N) is 1. The van der Waals surface area contributed by atoms with Gasteiger partial charge in [-0.2, -0.15) is 0 Å². The monoisotopic (exact) mass is 280 g/mol. The molecule has 21 heavy (non-hydrogen) atoms. The molecule has 0 saturated heterocycles. The summed E-state index contributed by atoms with van der Waals surface area (Å²) in [5.74, 6) is -0.622. The minimum absolute atomic E-state index is 0.300. The average Bonchev–Trinajstić information content (AvgIpc) is 2.92. The number of halogens is 2. The lowest BCUT2D eigenvalue weighted by atomic mass is 10.1. The normalized spacial score (nSPS) is 11.3. The third kappa shape index (κ3) is 1.88. The zero-order valence-corrected chi connectivity index (χ0v) is 10.9. The van der Waals surface area contributed by atoms with Gasteiger partial charge >= 0.3 is 0 Å². The smallest absolute Gasteiger partial charge is 0.147 e. The Morgan fingerprint density at radius 1 is 0.952 bits per heavy atom. The molecule has 0 aliphatic rings. The molecule has 0 atom stereocenters. The molecule has 0 unspecified atom stereocenters. The van der Waals surface area contributed by atoms with Crippen LogP contribution < -0.4 is 0 Å². The number of aromatic nitrogens is 2. The first-order valence-corrected chi connectivity index (χ1v) is 6.55. The van der Waals surface area contributed by atoms with Gasteiger partial charge in [-0.05, 0) is 24.3 Å². The van der Waals surface area contributed by atoms with Gasteiger partial charge in [0.05, 0.1) is 16.7 Å². The number of aromatic amines is 1. The molecular weight excluding hydrogens is 270 g/mol. The Balaban J connectivity index is 1.98. The van der Waals surface area contributed by atoms with E-state index < -0.39 is 0 Å². The van der Waals surface area contributed by atoms with Crippen LogP contribution in [0.1, 0.15) is 0 Å². The van der Waals surface area contributed by atoms with Crippen LogP contribution in [0.4, 0.5) is 8.78 Å². The maximum atomic E-state index is 13.7. The van der Waals surface area contributed by atoms with Crippen LogP contribution in [0, 0.1) is 11.6 Å². The van der Waals surface area contributed by atoms with Gasteiger partial charge in [0.1, 0.15) is 11.6 Å².